The minimum atomic E-state index is -5.88. The zero-order valence-electron chi connectivity index (χ0n) is 32.5. The van der Waals surface area contributed by atoms with E-state index >= 15 is 0 Å². The van der Waals surface area contributed by atoms with Gasteiger partial charge in [0.1, 0.15) is 0 Å². The third kappa shape index (κ3) is 6.48. The number of allylic oxidation sites excluding steroid dienone is 2. The monoisotopic (exact) mass is 799 g/mol. The Morgan fingerprint density at radius 3 is 1.20 bits per heavy atom. The van der Waals surface area contributed by atoms with Crippen LogP contribution in [0.1, 0.15) is 122 Å². The van der Waals surface area contributed by atoms with E-state index in [-0.39, 0.29) is 18.1 Å². The molecule has 0 fully saturated rings. The Bertz CT molecular complexity index is 1900. The Labute approximate surface area is 306 Å². The molecule has 4 aromatic carbocycles. The van der Waals surface area contributed by atoms with Crippen molar-refractivity contribution in [3.8, 4) is 22.3 Å². The molecule has 265 valence electrons. The molecule has 4 aromatic rings. The predicted molar refractivity (Wildman–Crippen MR) is 226 cm³/mol. The molecule has 0 saturated carbocycles. The standard InChI is InChI=1S/2C22H25.2CH3.2ClH.H3Si.Zr/c2*1-5-7-16-14-18-8-6-9-20(21(18)15-16)17-10-12-19(13-11-17)22(2,3)4;;;;;;/h2*6,8-15H,5,7H2,1-4H3;2*1H3;2*1H;1H3;/q;;;;;;;+2/p-2. The van der Waals surface area contributed by atoms with E-state index in [2.05, 4.69) is 162 Å². The van der Waals surface area contributed by atoms with Crippen molar-refractivity contribution < 1.29 is 12.6 Å². The molecule has 0 aromatic heterocycles. The second kappa shape index (κ2) is 11.5. The zero-order valence-corrected chi connectivity index (χ0v) is 38.4. The first-order valence-corrected chi connectivity index (χ1v) is 41.5. The van der Waals surface area contributed by atoms with Gasteiger partial charge in [-0.1, -0.05) is 0 Å². The number of hydrogen-bond acceptors (Lipinski definition) is 0. The van der Waals surface area contributed by atoms with Gasteiger partial charge in [-0.2, -0.15) is 0 Å². The molecular formula is C46H59Cl2SiZr. The quantitative estimate of drug-likeness (QED) is 0.156. The van der Waals surface area contributed by atoms with Gasteiger partial charge in [-0.15, -0.1) is 0 Å². The Morgan fingerprint density at radius 2 is 0.900 bits per heavy atom. The van der Waals surface area contributed by atoms with Gasteiger partial charge in [0.15, 0.2) is 0 Å². The fourth-order valence-corrected chi connectivity index (χ4v) is 41.7. The van der Waals surface area contributed by atoms with Gasteiger partial charge in [0, 0.05) is 0 Å². The summed E-state index contributed by atoms with van der Waals surface area (Å²) in [5.74, 6) is 0. The summed E-state index contributed by atoms with van der Waals surface area (Å²) in [5.41, 5.74) is 16.1. The van der Waals surface area contributed by atoms with Crippen LogP contribution in [0.2, 0.25) is 9.26 Å². The van der Waals surface area contributed by atoms with E-state index < -0.39 is 12.6 Å². The first-order valence-electron chi connectivity index (χ1n) is 19.0. The number of hydrogen-bond donors (Lipinski definition) is 0. The molecule has 0 saturated heterocycles. The first kappa shape index (κ1) is 37.8. The van der Waals surface area contributed by atoms with Crippen molar-refractivity contribution in [3.05, 3.63) is 129 Å². The summed E-state index contributed by atoms with van der Waals surface area (Å²) in [6.07, 6.45) is 9.09. The fourth-order valence-electron chi connectivity index (χ4n) is 9.86. The third-order valence-corrected chi connectivity index (χ3v) is 39.7. The zero-order chi connectivity index (χ0) is 36.6. The van der Waals surface area contributed by atoms with Gasteiger partial charge in [-0.3, -0.25) is 0 Å². The van der Waals surface area contributed by atoms with E-state index in [0.717, 1.165) is 25.7 Å². The summed E-state index contributed by atoms with van der Waals surface area (Å²) in [5, 5.41) is 0. The van der Waals surface area contributed by atoms with Crippen LogP contribution in [0.25, 0.3) is 34.4 Å². The Hall–Kier alpha value is -1.96. The minimum absolute atomic E-state index is 0.00331. The summed E-state index contributed by atoms with van der Waals surface area (Å²) >= 11 is -5.88. The summed E-state index contributed by atoms with van der Waals surface area (Å²) in [4.78, 5) is 0. The van der Waals surface area contributed by atoms with E-state index in [0.29, 0.717) is 7.37 Å². The molecule has 50 heavy (non-hydrogen) atoms. The van der Waals surface area contributed by atoms with Crippen LogP contribution in [0.5, 0.6) is 0 Å². The molecular weight excluding hydrogens is 743 g/mol. The first-order chi connectivity index (χ1) is 23.0. The summed E-state index contributed by atoms with van der Waals surface area (Å²) in [6.45, 7) is 18.2. The van der Waals surface area contributed by atoms with Gasteiger partial charge in [0.25, 0.3) is 0 Å². The van der Waals surface area contributed by atoms with Crippen molar-refractivity contribution in [1.82, 2.24) is 0 Å². The summed E-state index contributed by atoms with van der Waals surface area (Å²) < 4.78 is 4.82. The topological polar surface area (TPSA) is 0 Å². The van der Waals surface area contributed by atoms with Crippen molar-refractivity contribution in [3.63, 3.8) is 0 Å². The van der Waals surface area contributed by atoms with E-state index in [1.165, 1.54) is 66.8 Å². The van der Waals surface area contributed by atoms with Gasteiger partial charge in [-0.05, 0) is 0 Å². The van der Waals surface area contributed by atoms with Crippen molar-refractivity contribution in [2.24, 2.45) is 0 Å². The van der Waals surface area contributed by atoms with Crippen molar-refractivity contribution >= 4 is 36.5 Å². The maximum absolute atomic E-state index is 8.91. The average molecular weight is 802 g/mol. The molecule has 0 radical (unpaired) electrons. The second-order valence-corrected chi connectivity index (χ2v) is 102. The van der Waals surface area contributed by atoms with Crippen molar-refractivity contribution in [1.29, 1.82) is 0 Å². The van der Waals surface area contributed by atoms with Crippen LogP contribution in [0, 0.1) is 0 Å². The van der Waals surface area contributed by atoms with E-state index in [9.17, 15) is 0 Å². The van der Waals surface area contributed by atoms with Crippen LogP contribution in [0.4, 0.5) is 0 Å². The van der Waals surface area contributed by atoms with E-state index in [1.807, 2.05) is 0 Å². The van der Waals surface area contributed by atoms with Gasteiger partial charge < -0.3 is 0 Å². The molecule has 2 aliphatic carbocycles. The molecule has 4 heteroatoms. The molecule has 0 heterocycles. The molecule has 0 amide bonds. The van der Waals surface area contributed by atoms with Crippen LogP contribution in [-0.4, -0.2) is 7.37 Å². The Kier molecular flexibility index (Phi) is 8.70. The molecule has 0 bridgehead atoms. The summed E-state index contributed by atoms with van der Waals surface area (Å²) in [6, 6.07) is 32.2. The molecule has 0 nitrogen and oxygen atoms in total. The molecule has 2 aliphatic rings. The Morgan fingerprint density at radius 1 is 0.560 bits per heavy atom. The predicted octanol–water partition coefficient (Wildman–Crippen LogP) is 14.2. The molecule has 6 rings (SSSR count). The van der Waals surface area contributed by atoms with Gasteiger partial charge in [-0.25, -0.2) is 0 Å². The maximum atomic E-state index is 8.91. The summed E-state index contributed by atoms with van der Waals surface area (Å²) in [7, 11) is 18.5. The van der Waals surface area contributed by atoms with Crippen LogP contribution in [-0.2, 0) is 23.4 Å². The molecule has 0 spiro atoms. The Balaban J connectivity index is 1.56. The van der Waals surface area contributed by atoms with Crippen LogP contribution >= 0.6 is 17.0 Å². The van der Waals surface area contributed by atoms with E-state index in [1.54, 1.807) is 0 Å². The fraction of sp³-hybridized carbons (Fsp3) is 0.391. The third-order valence-electron chi connectivity index (χ3n) is 12.0. The van der Waals surface area contributed by atoms with Crippen LogP contribution in [0.15, 0.2) is 96.1 Å². The molecule has 0 aliphatic heterocycles. The van der Waals surface area contributed by atoms with Crippen molar-refractivity contribution in [2.45, 2.75) is 108 Å². The number of benzene rings is 4. The molecule has 2 atom stereocenters. The number of rotatable bonds is 8. The van der Waals surface area contributed by atoms with Gasteiger partial charge in [0.2, 0.25) is 0 Å². The van der Waals surface area contributed by atoms with Crippen LogP contribution in [0.3, 0.4) is 0 Å². The number of halogens is 2. The van der Waals surface area contributed by atoms with Gasteiger partial charge in [0.05, 0.1) is 0 Å². The number of fused-ring (bicyclic) bond motifs is 2. The van der Waals surface area contributed by atoms with Crippen molar-refractivity contribution in [2.75, 3.05) is 0 Å². The molecule has 2 unspecified atom stereocenters. The second-order valence-electron chi connectivity index (χ2n) is 20.1. The van der Waals surface area contributed by atoms with E-state index in [4.69, 9.17) is 17.0 Å². The van der Waals surface area contributed by atoms with Gasteiger partial charge >= 0.3 is 309 Å². The average Bonchev–Trinajstić information content (AvgIpc) is 3.60. The normalized spacial score (nSPS) is 19.9. The van der Waals surface area contributed by atoms with Crippen LogP contribution < -0.4 is 0 Å². The SMILES string of the molecule is CCCC1=Cc2c(-c3ccc(C(C)(C)C)cc3)cccc2[CH]1[Zr]([CH3])([CH3])([SiH3])([Cl])([Cl])[CH]1C(CCC)=Cc2c(-c3ccc(C(C)(C)C)cc3)cccc21. The molecule has 0 N–H and O–H groups in total.